The average Bonchev–Trinajstić information content (AvgIpc) is 3.30. The molecule has 0 bridgehead atoms. The summed E-state index contributed by atoms with van der Waals surface area (Å²) in [5, 5.41) is 13.1. The Balaban J connectivity index is 1.43. The van der Waals surface area contributed by atoms with E-state index in [4.69, 9.17) is 9.47 Å². The van der Waals surface area contributed by atoms with Crippen LogP contribution in [0.15, 0.2) is 24.3 Å². The minimum absolute atomic E-state index is 0.314. The second-order valence-corrected chi connectivity index (χ2v) is 5.85. The van der Waals surface area contributed by atoms with E-state index in [0.717, 1.165) is 37.8 Å². The van der Waals surface area contributed by atoms with Gasteiger partial charge in [0, 0.05) is 19.8 Å². The van der Waals surface area contributed by atoms with Gasteiger partial charge in [-0.2, -0.15) is 0 Å². The van der Waals surface area contributed by atoms with E-state index < -0.39 is 6.10 Å². The Morgan fingerprint density at radius 3 is 2.76 bits per heavy atom. The zero-order valence-electron chi connectivity index (χ0n) is 12.9. The van der Waals surface area contributed by atoms with Gasteiger partial charge in [-0.25, -0.2) is 0 Å². The molecule has 1 atom stereocenters. The first-order valence-corrected chi connectivity index (χ1v) is 7.90. The van der Waals surface area contributed by atoms with Gasteiger partial charge in [-0.05, 0) is 50.8 Å². The third kappa shape index (κ3) is 7.46. The van der Waals surface area contributed by atoms with Crippen LogP contribution < -0.4 is 10.1 Å². The van der Waals surface area contributed by atoms with Gasteiger partial charge in [0.05, 0.1) is 0 Å². The summed E-state index contributed by atoms with van der Waals surface area (Å²) in [4.78, 5) is 0. The molecule has 0 radical (unpaired) electrons. The Hall–Kier alpha value is -1.10. The number of aryl methyl sites for hydroxylation is 1. The molecule has 1 saturated carbocycles. The lowest BCUT2D eigenvalue weighted by Gasteiger charge is -2.13. The first kappa shape index (κ1) is 16.3. The predicted molar refractivity (Wildman–Crippen MR) is 83.7 cm³/mol. The maximum absolute atomic E-state index is 9.83. The Labute approximate surface area is 127 Å². The smallest absolute Gasteiger partial charge is 0.119 e. The van der Waals surface area contributed by atoms with E-state index in [1.54, 1.807) is 0 Å². The molecule has 1 aliphatic rings. The molecule has 0 amide bonds. The summed E-state index contributed by atoms with van der Waals surface area (Å²) in [6.45, 7) is 5.50. The summed E-state index contributed by atoms with van der Waals surface area (Å²) in [6.07, 6.45) is 3.17. The number of aliphatic hydroxyl groups is 1. The average molecular weight is 293 g/mol. The van der Waals surface area contributed by atoms with E-state index in [1.165, 1.54) is 18.4 Å². The Kier molecular flexibility index (Phi) is 7.00. The Morgan fingerprint density at radius 2 is 2.05 bits per heavy atom. The molecule has 21 heavy (non-hydrogen) atoms. The van der Waals surface area contributed by atoms with Gasteiger partial charge in [-0.15, -0.1) is 0 Å². The molecule has 0 aliphatic heterocycles. The van der Waals surface area contributed by atoms with Crippen molar-refractivity contribution >= 4 is 0 Å². The van der Waals surface area contributed by atoms with E-state index in [2.05, 4.69) is 5.32 Å². The van der Waals surface area contributed by atoms with Crippen molar-refractivity contribution in [2.45, 2.75) is 32.3 Å². The van der Waals surface area contributed by atoms with Gasteiger partial charge in [-0.1, -0.05) is 17.7 Å². The quantitative estimate of drug-likeness (QED) is 0.614. The van der Waals surface area contributed by atoms with Crippen LogP contribution in [0.1, 0.15) is 24.8 Å². The molecule has 1 unspecified atom stereocenters. The van der Waals surface area contributed by atoms with Gasteiger partial charge < -0.3 is 19.9 Å². The number of rotatable bonds is 11. The molecule has 118 valence electrons. The third-order valence-electron chi connectivity index (χ3n) is 3.54. The van der Waals surface area contributed by atoms with E-state index in [-0.39, 0.29) is 0 Å². The summed E-state index contributed by atoms with van der Waals surface area (Å²) >= 11 is 0. The zero-order chi connectivity index (χ0) is 14.9. The minimum atomic E-state index is -0.487. The molecular weight excluding hydrogens is 266 g/mol. The van der Waals surface area contributed by atoms with Crippen LogP contribution in [0.3, 0.4) is 0 Å². The summed E-state index contributed by atoms with van der Waals surface area (Å²) in [5.74, 6) is 1.63. The molecule has 4 nitrogen and oxygen atoms in total. The van der Waals surface area contributed by atoms with Crippen molar-refractivity contribution in [2.75, 3.05) is 32.9 Å². The SMILES string of the molecule is Cc1ccc(OCC(O)CNCCCOCC2CC2)cc1. The van der Waals surface area contributed by atoms with Crippen LogP contribution in [0.25, 0.3) is 0 Å². The van der Waals surface area contributed by atoms with Crippen molar-refractivity contribution in [3.8, 4) is 5.75 Å². The molecule has 1 aromatic rings. The van der Waals surface area contributed by atoms with Gasteiger partial charge in [0.15, 0.2) is 0 Å². The fraction of sp³-hybridized carbons (Fsp3) is 0.647. The van der Waals surface area contributed by atoms with Crippen LogP contribution in [0.4, 0.5) is 0 Å². The third-order valence-corrected chi connectivity index (χ3v) is 3.54. The maximum atomic E-state index is 9.83. The lowest BCUT2D eigenvalue weighted by Crippen LogP contribution is -2.32. The molecule has 1 fully saturated rings. The Morgan fingerprint density at radius 1 is 1.29 bits per heavy atom. The highest BCUT2D eigenvalue weighted by Crippen LogP contribution is 2.28. The van der Waals surface area contributed by atoms with E-state index in [1.807, 2.05) is 31.2 Å². The number of ether oxygens (including phenoxy) is 2. The number of hydrogen-bond acceptors (Lipinski definition) is 4. The van der Waals surface area contributed by atoms with Crippen molar-refractivity contribution in [1.29, 1.82) is 0 Å². The van der Waals surface area contributed by atoms with E-state index >= 15 is 0 Å². The number of aliphatic hydroxyl groups excluding tert-OH is 1. The summed E-state index contributed by atoms with van der Waals surface area (Å²) < 4.78 is 11.1. The fourth-order valence-corrected chi connectivity index (χ4v) is 1.99. The van der Waals surface area contributed by atoms with Crippen molar-refractivity contribution < 1.29 is 14.6 Å². The molecule has 4 heteroatoms. The molecule has 1 aliphatic carbocycles. The molecule has 0 heterocycles. The first-order chi connectivity index (χ1) is 10.2. The molecule has 0 saturated heterocycles. The number of benzene rings is 1. The van der Waals surface area contributed by atoms with Crippen molar-refractivity contribution in [3.63, 3.8) is 0 Å². The molecule has 0 spiro atoms. The zero-order valence-corrected chi connectivity index (χ0v) is 12.9. The minimum Gasteiger partial charge on any atom is -0.491 e. The largest absolute Gasteiger partial charge is 0.491 e. The molecule has 0 aromatic heterocycles. The van der Waals surface area contributed by atoms with Crippen molar-refractivity contribution in [2.24, 2.45) is 5.92 Å². The molecule has 2 N–H and O–H groups in total. The van der Waals surface area contributed by atoms with Crippen molar-refractivity contribution in [3.05, 3.63) is 29.8 Å². The topological polar surface area (TPSA) is 50.7 Å². The molecular formula is C17H27NO3. The fourth-order valence-electron chi connectivity index (χ4n) is 1.99. The van der Waals surface area contributed by atoms with Crippen LogP contribution >= 0.6 is 0 Å². The lowest BCUT2D eigenvalue weighted by molar-refractivity contribution is 0.102. The van der Waals surface area contributed by atoms with Crippen molar-refractivity contribution in [1.82, 2.24) is 5.32 Å². The maximum Gasteiger partial charge on any atom is 0.119 e. The van der Waals surface area contributed by atoms with Crippen LogP contribution in [0.5, 0.6) is 5.75 Å². The summed E-state index contributed by atoms with van der Waals surface area (Å²) in [6, 6.07) is 7.85. The highest BCUT2D eigenvalue weighted by atomic mass is 16.5. The standard InChI is InChI=1S/C17H27NO3/c1-14-3-7-17(8-4-14)21-13-16(19)11-18-9-2-10-20-12-15-5-6-15/h3-4,7-8,15-16,18-19H,2,5-6,9-13H2,1H3. The Bertz CT molecular complexity index is 390. The van der Waals surface area contributed by atoms with Gasteiger partial charge in [0.2, 0.25) is 0 Å². The molecule has 2 rings (SSSR count). The van der Waals surface area contributed by atoms with Crippen LogP contribution in [-0.4, -0.2) is 44.1 Å². The first-order valence-electron chi connectivity index (χ1n) is 7.90. The monoisotopic (exact) mass is 293 g/mol. The second-order valence-electron chi connectivity index (χ2n) is 5.85. The summed E-state index contributed by atoms with van der Waals surface area (Å²) in [5.41, 5.74) is 1.20. The predicted octanol–water partition coefficient (Wildman–Crippen LogP) is 2.14. The lowest BCUT2D eigenvalue weighted by atomic mass is 10.2. The van der Waals surface area contributed by atoms with Gasteiger partial charge in [0.1, 0.15) is 18.5 Å². The summed E-state index contributed by atoms with van der Waals surface area (Å²) in [7, 11) is 0. The van der Waals surface area contributed by atoms with Crippen LogP contribution in [0, 0.1) is 12.8 Å². The van der Waals surface area contributed by atoms with E-state index in [0.29, 0.717) is 13.2 Å². The number of nitrogens with one attached hydrogen (secondary N) is 1. The normalized spacial score (nSPS) is 15.9. The molecule has 1 aromatic carbocycles. The van der Waals surface area contributed by atoms with Crippen LogP contribution in [0.2, 0.25) is 0 Å². The van der Waals surface area contributed by atoms with Gasteiger partial charge in [-0.3, -0.25) is 0 Å². The van der Waals surface area contributed by atoms with E-state index in [9.17, 15) is 5.11 Å². The van der Waals surface area contributed by atoms with Crippen LogP contribution in [-0.2, 0) is 4.74 Å². The van der Waals surface area contributed by atoms with Gasteiger partial charge in [0.25, 0.3) is 0 Å². The van der Waals surface area contributed by atoms with Gasteiger partial charge >= 0.3 is 0 Å². The second kappa shape index (κ2) is 9.03. The highest BCUT2D eigenvalue weighted by molar-refractivity contribution is 5.26. The number of hydrogen-bond donors (Lipinski definition) is 2. The highest BCUT2D eigenvalue weighted by Gasteiger charge is 2.20.